The van der Waals surface area contributed by atoms with Gasteiger partial charge in [0.25, 0.3) is 0 Å². The Labute approximate surface area is 115 Å². The molecule has 1 heterocycles. The summed E-state index contributed by atoms with van der Waals surface area (Å²) in [5, 5.41) is 7.36. The third-order valence-electron chi connectivity index (χ3n) is 2.91. The third kappa shape index (κ3) is 4.50. The Balaban J connectivity index is 3.04. The van der Waals surface area contributed by atoms with Crippen LogP contribution in [0.2, 0.25) is 0 Å². The lowest BCUT2D eigenvalue weighted by molar-refractivity contribution is 0.666. The van der Waals surface area contributed by atoms with Crippen LogP contribution in [0, 0.1) is 12.3 Å². The van der Waals surface area contributed by atoms with Gasteiger partial charge in [-0.25, -0.2) is 9.97 Å². The number of nitrogens with one attached hydrogen (secondary N) is 1. The van der Waals surface area contributed by atoms with Gasteiger partial charge in [-0.3, -0.25) is 5.41 Å². The maximum Gasteiger partial charge on any atom is 0.133 e. The first-order chi connectivity index (χ1) is 8.81. The monoisotopic (exact) mass is 263 g/mol. The van der Waals surface area contributed by atoms with Crippen molar-refractivity contribution in [2.45, 2.75) is 53.0 Å². The summed E-state index contributed by atoms with van der Waals surface area (Å²) in [6.45, 7) is 11.1. The van der Waals surface area contributed by atoms with Gasteiger partial charge in [0.15, 0.2) is 0 Å². The third-order valence-corrected chi connectivity index (χ3v) is 2.91. The molecule has 5 heteroatoms. The molecule has 19 heavy (non-hydrogen) atoms. The van der Waals surface area contributed by atoms with Crippen LogP contribution >= 0.6 is 0 Å². The van der Waals surface area contributed by atoms with Crippen molar-refractivity contribution in [3.63, 3.8) is 0 Å². The Morgan fingerprint density at radius 2 is 1.95 bits per heavy atom. The van der Waals surface area contributed by atoms with Crippen LogP contribution in [-0.2, 0) is 0 Å². The Hall–Kier alpha value is -1.65. The van der Waals surface area contributed by atoms with Crippen LogP contribution in [0.25, 0.3) is 0 Å². The number of nitrogens with zero attached hydrogens (tertiary/aromatic N) is 3. The standard InChI is InChI=1S/C14H25N5/c1-9(2)14-17-11(5)8-13(18-14)19(10(3)4)7-6-12(15)16/h8-10H,6-7H2,1-5H3,(H3,15,16). The highest BCUT2D eigenvalue weighted by Crippen LogP contribution is 2.19. The maximum atomic E-state index is 7.36. The van der Waals surface area contributed by atoms with Gasteiger partial charge >= 0.3 is 0 Å². The van der Waals surface area contributed by atoms with Crippen molar-refractivity contribution in [1.29, 1.82) is 5.41 Å². The number of aryl methyl sites for hydroxylation is 1. The van der Waals surface area contributed by atoms with E-state index >= 15 is 0 Å². The molecule has 0 saturated carbocycles. The summed E-state index contributed by atoms with van der Waals surface area (Å²) in [6, 6.07) is 2.31. The summed E-state index contributed by atoms with van der Waals surface area (Å²) in [4.78, 5) is 11.3. The minimum Gasteiger partial charge on any atom is -0.388 e. The van der Waals surface area contributed by atoms with E-state index in [-0.39, 0.29) is 5.84 Å². The minimum atomic E-state index is 0.209. The normalized spacial score (nSPS) is 11.1. The predicted octanol–water partition coefficient (Wildman–Crippen LogP) is 2.45. The summed E-state index contributed by atoms with van der Waals surface area (Å²) in [6.07, 6.45) is 0.554. The highest BCUT2D eigenvalue weighted by atomic mass is 15.2. The maximum absolute atomic E-state index is 7.36. The van der Waals surface area contributed by atoms with Gasteiger partial charge in [0.1, 0.15) is 11.6 Å². The summed E-state index contributed by atoms with van der Waals surface area (Å²) < 4.78 is 0. The second-order valence-corrected chi connectivity index (χ2v) is 5.44. The van der Waals surface area contributed by atoms with E-state index < -0.39 is 0 Å². The van der Waals surface area contributed by atoms with Gasteiger partial charge in [-0.05, 0) is 20.8 Å². The molecule has 0 fully saturated rings. The van der Waals surface area contributed by atoms with E-state index in [2.05, 4.69) is 42.6 Å². The molecule has 0 aliphatic heterocycles. The Morgan fingerprint density at radius 1 is 1.32 bits per heavy atom. The quantitative estimate of drug-likeness (QED) is 0.610. The fourth-order valence-corrected chi connectivity index (χ4v) is 1.86. The zero-order valence-corrected chi connectivity index (χ0v) is 12.6. The SMILES string of the molecule is Cc1cc(N(CCC(=N)N)C(C)C)nc(C(C)C)n1. The lowest BCUT2D eigenvalue weighted by Crippen LogP contribution is -2.34. The van der Waals surface area contributed by atoms with E-state index in [1.54, 1.807) is 0 Å². The molecule has 1 aromatic rings. The zero-order chi connectivity index (χ0) is 14.6. The molecule has 0 saturated heterocycles. The Bertz CT molecular complexity index is 439. The minimum absolute atomic E-state index is 0.209. The molecule has 0 aromatic carbocycles. The molecule has 0 aliphatic carbocycles. The average Bonchev–Trinajstić information content (AvgIpc) is 2.27. The van der Waals surface area contributed by atoms with E-state index in [0.717, 1.165) is 17.3 Å². The van der Waals surface area contributed by atoms with Crippen LogP contribution in [0.1, 0.15) is 51.6 Å². The van der Waals surface area contributed by atoms with Crippen molar-refractivity contribution in [3.8, 4) is 0 Å². The van der Waals surface area contributed by atoms with Gasteiger partial charge in [0.2, 0.25) is 0 Å². The number of hydrogen-bond donors (Lipinski definition) is 2. The van der Waals surface area contributed by atoms with Crippen LogP contribution in [0.3, 0.4) is 0 Å². The van der Waals surface area contributed by atoms with Gasteiger partial charge in [0.05, 0.1) is 5.84 Å². The molecule has 0 amide bonds. The lowest BCUT2D eigenvalue weighted by atomic mass is 10.2. The second-order valence-electron chi connectivity index (χ2n) is 5.44. The van der Waals surface area contributed by atoms with Crippen molar-refractivity contribution in [1.82, 2.24) is 9.97 Å². The van der Waals surface area contributed by atoms with Crippen molar-refractivity contribution in [2.24, 2.45) is 5.73 Å². The number of nitrogens with two attached hydrogens (primary N) is 1. The van der Waals surface area contributed by atoms with Crippen molar-refractivity contribution < 1.29 is 0 Å². The molecule has 3 N–H and O–H groups in total. The number of anilines is 1. The lowest BCUT2D eigenvalue weighted by Gasteiger charge is -2.28. The van der Waals surface area contributed by atoms with Gasteiger partial charge in [0, 0.05) is 36.7 Å². The molecule has 5 nitrogen and oxygen atoms in total. The molecular weight excluding hydrogens is 238 g/mol. The van der Waals surface area contributed by atoms with E-state index in [0.29, 0.717) is 24.9 Å². The first-order valence-electron chi connectivity index (χ1n) is 6.76. The number of hydrogen-bond acceptors (Lipinski definition) is 4. The van der Waals surface area contributed by atoms with Crippen LogP contribution in [-0.4, -0.2) is 28.4 Å². The molecule has 0 radical (unpaired) electrons. The molecule has 0 spiro atoms. The van der Waals surface area contributed by atoms with Crippen LogP contribution in [0.5, 0.6) is 0 Å². The van der Waals surface area contributed by atoms with E-state index in [4.69, 9.17) is 11.1 Å². The van der Waals surface area contributed by atoms with Gasteiger partial charge in [-0.1, -0.05) is 13.8 Å². The van der Waals surface area contributed by atoms with Gasteiger partial charge < -0.3 is 10.6 Å². The Morgan fingerprint density at radius 3 is 2.42 bits per heavy atom. The highest BCUT2D eigenvalue weighted by molar-refractivity contribution is 5.77. The van der Waals surface area contributed by atoms with Crippen LogP contribution in [0.15, 0.2) is 6.07 Å². The predicted molar refractivity (Wildman–Crippen MR) is 79.9 cm³/mol. The molecule has 0 atom stereocenters. The average molecular weight is 263 g/mol. The summed E-state index contributed by atoms with van der Waals surface area (Å²) in [7, 11) is 0. The second kappa shape index (κ2) is 6.50. The van der Waals surface area contributed by atoms with Crippen molar-refractivity contribution in [2.75, 3.05) is 11.4 Å². The first-order valence-corrected chi connectivity index (χ1v) is 6.76. The first kappa shape index (κ1) is 15.4. The van der Waals surface area contributed by atoms with Gasteiger partial charge in [-0.2, -0.15) is 0 Å². The molecule has 0 unspecified atom stereocenters. The Kier molecular flexibility index (Phi) is 5.27. The van der Waals surface area contributed by atoms with Gasteiger partial charge in [-0.15, -0.1) is 0 Å². The zero-order valence-electron chi connectivity index (χ0n) is 12.6. The summed E-state index contributed by atoms with van der Waals surface area (Å²) >= 11 is 0. The fraction of sp³-hybridized carbons (Fsp3) is 0.643. The largest absolute Gasteiger partial charge is 0.388 e. The van der Waals surface area contributed by atoms with Crippen molar-refractivity contribution >= 4 is 11.7 Å². The van der Waals surface area contributed by atoms with E-state index in [9.17, 15) is 0 Å². The summed E-state index contributed by atoms with van der Waals surface area (Å²) in [5.74, 6) is 2.30. The number of rotatable bonds is 6. The molecular formula is C14H25N5. The highest BCUT2D eigenvalue weighted by Gasteiger charge is 2.15. The van der Waals surface area contributed by atoms with E-state index in [1.165, 1.54) is 0 Å². The number of amidine groups is 1. The van der Waals surface area contributed by atoms with E-state index in [1.807, 2.05) is 13.0 Å². The van der Waals surface area contributed by atoms with Crippen LogP contribution in [0.4, 0.5) is 5.82 Å². The van der Waals surface area contributed by atoms with Crippen LogP contribution < -0.4 is 10.6 Å². The number of aromatic nitrogens is 2. The molecule has 1 aromatic heterocycles. The van der Waals surface area contributed by atoms with Crippen molar-refractivity contribution in [3.05, 3.63) is 17.6 Å². The molecule has 0 aliphatic rings. The summed E-state index contributed by atoms with van der Waals surface area (Å²) in [5.41, 5.74) is 6.43. The topological polar surface area (TPSA) is 78.9 Å². The molecule has 1 rings (SSSR count). The molecule has 106 valence electrons. The fourth-order valence-electron chi connectivity index (χ4n) is 1.86. The molecule has 0 bridgehead atoms. The smallest absolute Gasteiger partial charge is 0.133 e.